The third kappa shape index (κ3) is 8.32. The van der Waals surface area contributed by atoms with Gasteiger partial charge in [0.05, 0.1) is 12.9 Å². The van der Waals surface area contributed by atoms with E-state index in [0.29, 0.717) is 30.3 Å². The number of unbranched alkanes of at least 4 members (excludes halogenated alkanes) is 7. The molecule has 222 valence electrons. The molecule has 0 aliphatic carbocycles. The van der Waals surface area contributed by atoms with Crippen molar-refractivity contribution in [3.05, 3.63) is 27.1 Å². The van der Waals surface area contributed by atoms with Gasteiger partial charge < -0.3 is 44.9 Å². The number of ether oxygens (including phenoxy) is 3. The van der Waals surface area contributed by atoms with Crippen molar-refractivity contribution in [1.82, 2.24) is 19.5 Å². The number of halogens is 1. The molecule has 1 saturated heterocycles. The molecule has 6 N–H and O–H groups in total. The summed E-state index contributed by atoms with van der Waals surface area (Å²) in [5.74, 6) is 0.555. The summed E-state index contributed by atoms with van der Waals surface area (Å²) in [7, 11) is 0. The molecule has 12 nitrogen and oxygen atoms in total. The van der Waals surface area contributed by atoms with E-state index in [1.807, 2.05) is 16.0 Å². The van der Waals surface area contributed by atoms with Crippen molar-refractivity contribution in [1.29, 1.82) is 0 Å². The second-order valence-electron chi connectivity index (χ2n) is 9.91. The Hall–Kier alpha value is -1.91. The minimum Gasteiger partial charge on any atom is -0.470 e. The second kappa shape index (κ2) is 15.4. The smallest absolute Gasteiger partial charge is 0.247 e. The maximum absolute atomic E-state index is 10.00. The number of anilines is 1. The lowest BCUT2D eigenvalue weighted by Crippen LogP contribution is -2.59. The number of thiophene rings is 1. The zero-order chi connectivity index (χ0) is 28.5. The van der Waals surface area contributed by atoms with Crippen molar-refractivity contribution in [3.8, 4) is 5.88 Å². The number of hydrogen-bond donors (Lipinski definition) is 5. The molecule has 14 heteroatoms. The molecule has 1 aliphatic rings. The second-order valence-corrected chi connectivity index (χ2v) is 11.8. The molecule has 0 spiro atoms. The molecule has 0 radical (unpaired) electrons. The van der Waals surface area contributed by atoms with Crippen LogP contribution in [0.25, 0.3) is 11.2 Å². The van der Waals surface area contributed by atoms with Gasteiger partial charge in [-0.3, -0.25) is 0 Å². The van der Waals surface area contributed by atoms with Crippen LogP contribution in [0.4, 0.5) is 5.95 Å². The number of fused-ring (bicyclic) bond motifs is 1. The minimum absolute atomic E-state index is 0.162. The molecule has 0 aromatic carbocycles. The summed E-state index contributed by atoms with van der Waals surface area (Å²) in [6, 6.07) is 2.01. The first kappa shape index (κ1) is 31.0. The van der Waals surface area contributed by atoms with E-state index in [9.17, 15) is 20.4 Å². The van der Waals surface area contributed by atoms with Crippen LogP contribution in [0.2, 0.25) is 0 Å². The van der Waals surface area contributed by atoms with Gasteiger partial charge in [0.1, 0.15) is 31.0 Å². The summed E-state index contributed by atoms with van der Waals surface area (Å²) in [5.41, 5.74) is 7.24. The van der Waals surface area contributed by atoms with Crippen LogP contribution in [0.15, 0.2) is 22.2 Å². The van der Waals surface area contributed by atoms with Gasteiger partial charge in [0.15, 0.2) is 17.5 Å². The molecule has 1 aliphatic heterocycles. The Morgan fingerprint density at radius 2 is 1.73 bits per heavy atom. The summed E-state index contributed by atoms with van der Waals surface area (Å²) >= 11 is 5.05. The number of nitrogen functional groups attached to an aromatic ring is 1. The van der Waals surface area contributed by atoms with E-state index in [-0.39, 0.29) is 5.95 Å². The number of aromatic nitrogens is 4. The summed E-state index contributed by atoms with van der Waals surface area (Å²) in [6.07, 6.45) is 3.98. The third-order valence-corrected chi connectivity index (χ3v) is 8.52. The van der Waals surface area contributed by atoms with Crippen LogP contribution in [0.5, 0.6) is 5.88 Å². The van der Waals surface area contributed by atoms with Crippen molar-refractivity contribution < 1.29 is 34.6 Å². The van der Waals surface area contributed by atoms with E-state index in [1.165, 1.54) is 0 Å². The Bertz CT molecular complexity index is 1200. The highest BCUT2D eigenvalue weighted by Gasteiger charge is 2.43. The fourth-order valence-electron chi connectivity index (χ4n) is 4.62. The maximum atomic E-state index is 10.00. The molecule has 0 bridgehead atoms. The van der Waals surface area contributed by atoms with Crippen LogP contribution in [0.1, 0.15) is 56.2 Å². The Labute approximate surface area is 245 Å². The third-order valence-electron chi connectivity index (χ3n) is 6.85. The highest BCUT2D eigenvalue weighted by molar-refractivity contribution is 9.10. The average molecular weight is 645 g/mol. The summed E-state index contributed by atoms with van der Waals surface area (Å²) in [4.78, 5) is 14.2. The fraction of sp³-hybridized carbons (Fsp3) is 0.654. The van der Waals surface area contributed by atoms with Crippen LogP contribution in [0, 0.1) is 0 Å². The molecule has 0 unspecified atom stereocenters. The highest BCUT2D eigenvalue weighted by atomic mass is 79.9. The number of hydrogen-bond acceptors (Lipinski definition) is 12. The topological polar surface area (TPSA) is 178 Å². The largest absolute Gasteiger partial charge is 0.470 e. The number of aliphatic hydroxyl groups excluding tert-OH is 4. The van der Waals surface area contributed by atoms with E-state index in [0.717, 1.165) is 67.3 Å². The number of nitrogens with two attached hydrogens (primary N) is 1. The van der Waals surface area contributed by atoms with Crippen LogP contribution in [-0.4, -0.2) is 83.9 Å². The van der Waals surface area contributed by atoms with Gasteiger partial charge in [-0.2, -0.15) is 9.97 Å². The molecule has 3 aromatic heterocycles. The predicted molar refractivity (Wildman–Crippen MR) is 153 cm³/mol. The van der Waals surface area contributed by atoms with Crippen LogP contribution in [-0.2, 0) is 22.6 Å². The Balaban J connectivity index is 1.08. The Morgan fingerprint density at radius 3 is 2.42 bits per heavy atom. The minimum atomic E-state index is -1.41. The van der Waals surface area contributed by atoms with Crippen molar-refractivity contribution in [2.45, 2.75) is 95.2 Å². The number of rotatable bonds is 16. The van der Waals surface area contributed by atoms with Crippen molar-refractivity contribution in [3.63, 3.8) is 0 Å². The summed E-state index contributed by atoms with van der Waals surface area (Å²) < 4.78 is 19.8. The van der Waals surface area contributed by atoms with E-state index in [2.05, 4.69) is 30.9 Å². The maximum Gasteiger partial charge on any atom is 0.247 e. The first-order valence-corrected chi connectivity index (χ1v) is 15.3. The molecule has 3 aromatic rings. The fourth-order valence-corrected chi connectivity index (χ4v) is 5.98. The Kier molecular flexibility index (Phi) is 11.9. The lowest BCUT2D eigenvalue weighted by Gasteiger charge is -2.39. The van der Waals surface area contributed by atoms with Gasteiger partial charge in [0, 0.05) is 27.9 Å². The average Bonchev–Trinajstić information content (AvgIpc) is 3.55. The molecule has 1 fully saturated rings. The highest BCUT2D eigenvalue weighted by Crippen LogP contribution is 2.26. The van der Waals surface area contributed by atoms with E-state index >= 15 is 0 Å². The van der Waals surface area contributed by atoms with Crippen LogP contribution >= 0.6 is 27.3 Å². The zero-order valence-electron chi connectivity index (χ0n) is 22.3. The normalized spacial score (nSPS) is 23.2. The Morgan fingerprint density at radius 1 is 1.00 bits per heavy atom. The van der Waals surface area contributed by atoms with Gasteiger partial charge >= 0.3 is 0 Å². The van der Waals surface area contributed by atoms with Gasteiger partial charge in [-0.25, -0.2) is 4.98 Å². The van der Waals surface area contributed by atoms with Crippen molar-refractivity contribution in [2.75, 3.05) is 18.9 Å². The predicted octanol–water partition coefficient (Wildman–Crippen LogP) is 2.75. The molecule has 0 saturated carbocycles. The molecule has 5 atom stereocenters. The quantitative estimate of drug-likeness (QED) is 0.145. The van der Waals surface area contributed by atoms with Crippen molar-refractivity contribution >= 4 is 44.4 Å². The number of aryl methyl sites for hydroxylation is 1. The molecular formula is C26H38BrN5O7S. The number of imidazole rings is 1. The van der Waals surface area contributed by atoms with Gasteiger partial charge in [-0.05, 0) is 34.8 Å². The lowest BCUT2D eigenvalue weighted by atomic mass is 9.99. The van der Waals surface area contributed by atoms with Gasteiger partial charge in [0.25, 0.3) is 0 Å². The van der Waals surface area contributed by atoms with E-state index in [4.69, 9.17) is 19.9 Å². The molecule has 4 heterocycles. The number of nitrogens with zero attached hydrogens (tertiary/aromatic N) is 4. The lowest BCUT2D eigenvalue weighted by molar-refractivity contribution is -0.301. The number of aliphatic hydroxyl groups is 4. The first-order chi connectivity index (χ1) is 19.4. The monoisotopic (exact) mass is 643 g/mol. The van der Waals surface area contributed by atoms with Crippen molar-refractivity contribution in [2.24, 2.45) is 0 Å². The van der Waals surface area contributed by atoms with Gasteiger partial charge in [-0.1, -0.05) is 38.5 Å². The zero-order valence-corrected chi connectivity index (χ0v) is 24.7. The van der Waals surface area contributed by atoms with E-state index < -0.39 is 37.3 Å². The summed E-state index contributed by atoms with van der Waals surface area (Å²) in [6.45, 7) is 1.09. The molecule has 0 amide bonds. The molecule has 40 heavy (non-hydrogen) atoms. The van der Waals surface area contributed by atoms with Gasteiger partial charge in [0.2, 0.25) is 11.8 Å². The van der Waals surface area contributed by atoms with Crippen LogP contribution in [0.3, 0.4) is 0 Å². The molecular weight excluding hydrogens is 606 g/mol. The van der Waals surface area contributed by atoms with Gasteiger partial charge in [-0.15, -0.1) is 11.3 Å². The first-order valence-electron chi connectivity index (χ1n) is 13.6. The van der Waals surface area contributed by atoms with E-state index in [1.54, 1.807) is 17.7 Å². The summed E-state index contributed by atoms with van der Waals surface area (Å²) in [5, 5.41) is 40.9. The standard InChI is InChI=1S/C26H38BrN5O7S/c27-16-11-17(40-14-16)13-38-24-19-23(30-26(28)31-24)32(15-29-19)9-7-5-3-1-2-4-6-8-10-37-25-22(36)21(35)20(34)18(12-33)39-25/h11,14-15,18,20-22,25,33-36H,1-10,12-13H2,(H2,28,30,31)/t18-,20-,21+,22-,25-/m1/s1. The van der Waals surface area contributed by atoms with Crippen LogP contribution < -0.4 is 10.5 Å². The SMILES string of the molecule is Nc1nc(OCc2cc(Br)cs2)c2ncn(CCCCCCCCCCO[C@@H]3O[C@H](CO)[C@@H](O)[C@H](O)[C@H]3O)c2n1. The molecule has 4 rings (SSSR count).